The summed E-state index contributed by atoms with van der Waals surface area (Å²) in [5.74, 6) is 0.508. The molecule has 1 aromatic heterocycles. The van der Waals surface area contributed by atoms with Gasteiger partial charge in [-0.3, -0.25) is 9.59 Å². The van der Waals surface area contributed by atoms with Crippen LogP contribution in [0.1, 0.15) is 97.3 Å². The van der Waals surface area contributed by atoms with Crippen LogP contribution in [0.4, 0.5) is 10.6 Å². The Balaban J connectivity index is 2.01. The van der Waals surface area contributed by atoms with Gasteiger partial charge in [-0.25, -0.2) is 14.8 Å². The standard InChI is InChI=1S/C34H58N6O6/c1-23(2)19-40(30(42)27-18-36-31(33(3,4)5)37-28(27)35-14-12-16-44-9)26-17-24(20-38(21-26)32(43)46-34(6,7)8)29(41)39-15-11-13-25(39)22-45-10/h18,23-26H,11-17,19-22H2,1-10H3,(H,35,36,37)/t24-,25-,26+/m1/s1. The highest BCUT2D eigenvalue weighted by Crippen LogP contribution is 2.30. The minimum absolute atomic E-state index is 0.00599. The maximum atomic E-state index is 14.6. The van der Waals surface area contributed by atoms with Crippen LogP contribution < -0.4 is 5.32 Å². The number of aromatic nitrogens is 2. The second kappa shape index (κ2) is 16.2. The normalized spacial score (nSPS) is 20.6. The number of methoxy groups -OCH3 is 2. The summed E-state index contributed by atoms with van der Waals surface area (Å²) in [6.45, 7) is 18.9. The zero-order valence-electron chi connectivity index (χ0n) is 29.9. The molecule has 2 fully saturated rings. The Morgan fingerprint density at radius 1 is 1.09 bits per heavy atom. The third kappa shape index (κ3) is 10.3. The van der Waals surface area contributed by atoms with Crippen molar-refractivity contribution in [2.75, 3.05) is 65.5 Å². The topological polar surface area (TPSA) is 126 Å². The fourth-order valence-corrected chi connectivity index (χ4v) is 6.08. The van der Waals surface area contributed by atoms with E-state index in [2.05, 4.69) is 24.1 Å². The summed E-state index contributed by atoms with van der Waals surface area (Å²) < 4.78 is 16.4. The Morgan fingerprint density at radius 3 is 2.41 bits per heavy atom. The molecule has 0 radical (unpaired) electrons. The molecule has 0 bridgehead atoms. The number of carbonyl (C=O) groups is 3. The quantitative estimate of drug-likeness (QED) is 0.325. The van der Waals surface area contributed by atoms with Crippen molar-refractivity contribution >= 4 is 23.7 Å². The molecule has 1 aromatic rings. The highest BCUT2D eigenvalue weighted by atomic mass is 16.6. The van der Waals surface area contributed by atoms with Gasteiger partial charge >= 0.3 is 6.09 Å². The van der Waals surface area contributed by atoms with Gasteiger partial charge in [0.05, 0.1) is 24.6 Å². The summed E-state index contributed by atoms with van der Waals surface area (Å²) in [5.41, 5.74) is -0.656. The molecule has 0 saturated carbocycles. The van der Waals surface area contributed by atoms with Crippen molar-refractivity contribution in [3.8, 4) is 0 Å². The van der Waals surface area contributed by atoms with Gasteiger partial charge in [-0.05, 0) is 52.4 Å². The molecular formula is C34H58N6O6. The predicted molar refractivity (Wildman–Crippen MR) is 178 cm³/mol. The fourth-order valence-electron chi connectivity index (χ4n) is 6.08. The molecule has 2 aliphatic heterocycles. The summed E-state index contributed by atoms with van der Waals surface area (Å²) in [7, 11) is 3.31. The van der Waals surface area contributed by atoms with Gasteiger partial charge in [0.15, 0.2) is 0 Å². The molecule has 3 rings (SSSR count). The summed E-state index contributed by atoms with van der Waals surface area (Å²) >= 11 is 0. The molecule has 0 unspecified atom stereocenters. The molecule has 0 aliphatic carbocycles. The fraction of sp³-hybridized carbons (Fsp3) is 0.794. The highest BCUT2D eigenvalue weighted by Gasteiger charge is 2.43. The number of nitrogens with one attached hydrogen (secondary N) is 1. The number of ether oxygens (including phenoxy) is 3. The van der Waals surface area contributed by atoms with Crippen LogP contribution >= 0.6 is 0 Å². The van der Waals surface area contributed by atoms with E-state index >= 15 is 0 Å². The summed E-state index contributed by atoms with van der Waals surface area (Å²) in [4.78, 5) is 56.8. The van der Waals surface area contributed by atoms with E-state index in [9.17, 15) is 14.4 Å². The Bertz CT molecular complexity index is 1180. The van der Waals surface area contributed by atoms with Crippen LogP contribution in [0.25, 0.3) is 0 Å². The van der Waals surface area contributed by atoms with E-state index < -0.39 is 23.7 Å². The molecule has 0 aromatic carbocycles. The van der Waals surface area contributed by atoms with Gasteiger partial charge in [-0.15, -0.1) is 0 Å². The van der Waals surface area contributed by atoms with Gasteiger partial charge < -0.3 is 34.2 Å². The van der Waals surface area contributed by atoms with Crippen LogP contribution in [0.15, 0.2) is 6.20 Å². The van der Waals surface area contributed by atoms with E-state index in [0.717, 1.165) is 19.3 Å². The number of hydrogen-bond donors (Lipinski definition) is 1. The van der Waals surface area contributed by atoms with Gasteiger partial charge in [0.1, 0.15) is 22.8 Å². The molecule has 12 heteroatoms. The lowest BCUT2D eigenvalue weighted by Gasteiger charge is -2.44. The first-order chi connectivity index (χ1) is 21.6. The van der Waals surface area contributed by atoms with Gasteiger partial charge in [0, 0.05) is 65.2 Å². The summed E-state index contributed by atoms with van der Waals surface area (Å²) in [6.07, 6.45) is 4.10. The van der Waals surface area contributed by atoms with Gasteiger partial charge in [0.25, 0.3) is 5.91 Å². The molecule has 1 N–H and O–H groups in total. The number of nitrogens with zero attached hydrogens (tertiary/aromatic N) is 5. The first-order valence-corrected chi connectivity index (χ1v) is 16.7. The second-order valence-corrected chi connectivity index (χ2v) is 15.1. The van der Waals surface area contributed by atoms with Crippen LogP contribution in [0, 0.1) is 11.8 Å². The molecule has 0 spiro atoms. The van der Waals surface area contributed by atoms with Crippen LogP contribution in [0.5, 0.6) is 0 Å². The van der Waals surface area contributed by atoms with E-state index in [1.54, 1.807) is 25.3 Å². The molecule has 46 heavy (non-hydrogen) atoms. The lowest BCUT2D eigenvalue weighted by molar-refractivity contribution is -0.139. The van der Waals surface area contributed by atoms with E-state index in [-0.39, 0.29) is 42.3 Å². The molecular weight excluding hydrogens is 588 g/mol. The molecule has 12 nitrogen and oxygen atoms in total. The van der Waals surface area contributed by atoms with E-state index in [1.165, 1.54) is 0 Å². The van der Waals surface area contributed by atoms with Crippen molar-refractivity contribution in [2.24, 2.45) is 11.8 Å². The average Bonchev–Trinajstić information content (AvgIpc) is 3.44. The molecule has 3 amide bonds. The van der Waals surface area contributed by atoms with Crippen molar-refractivity contribution < 1.29 is 28.6 Å². The number of hydrogen-bond acceptors (Lipinski definition) is 9. The zero-order chi connectivity index (χ0) is 34.2. The minimum atomic E-state index is -0.703. The monoisotopic (exact) mass is 646 g/mol. The third-order valence-electron chi connectivity index (χ3n) is 8.22. The SMILES string of the molecule is COCCCNc1nc(C(C)(C)C)ncc1C(=O)N(CC(C)C)[C@H]1C[C@@H](C(=O)N2CCC[C@@H]2COC)CN(C(=O)OC(C)(C)C)C1. The number of piperidine rings is 1. The third-order valence-corrected chi connectivity index (χ3v) is 8.22. The minimum Gasteiger partial charge on any atom is -0.444 e. The molecule has 2 aliphatic rings. The van der Waals surface area contributed by atoms with E-state index in [4.69, 9.17) is 19.2 Å². The van der Waals surface area contributed by atoms with Crippen molar-refractivity contribution in [1.82, 2.24) is 24.7 Å². The molecule has 3 heterocycles. The predicted octanol–water partition coefficient (Wildman–Crippen LogP) is 4.58. The van der Waals surface area contributed by atoms with E-state index in [1.807, 2.05) is 51.3 Å². The summed E-state index contributed by atoms with van der Waals surface area (Å²) in [5, 5.41) is 3.35. The van der Waals surface area contributed by atoms with Crippen LogP contribution in [0.2, 0.25) is 0 Å². The van der Waals surface area contributed by atoms with Gasteiger partial charge in [-0.1, -0.05) is 34.6 Å². The molecule has 260 valence electrons. The van der Waals surface area contributed by atoms with Crippen molar-refractivity contribution in [2.45, 2.75) is 104 Å². The highest BCUT2D eigenvalue weighted by molar-refractivity contribution is 5.98. The maximum Gasteiger partial charge on any atom is 0.410 e. The number of likely N-dealkylation sites (tertiary alicyclic amines) is 2. The Kier molecular flexibility index (Phi) is 13.2. The Morgan fingerprint density at radius 2 is 1.80 bits per heavy atom. The summed E-state index contributed by atoms with van der Waals surface area (Å²) in [6, 6.07) is -0.413. The molecule has 3 atom stereocenters. The van der Waals surface area contributed by atoms with Gasteiger partial charge in [0.2, 0.25) is 5.91 Å². The smallest absolute Gasteiger partial charge is 0.410 e. The van der Waals surface area contributed by atoms with Gasteiger partial charge in [-0.2, -0.15) is 0 Å². The van der Waals surface area contributed by atoms with Crippen molar-refractivity contribution in [3.05, 3.63) is 17.6 Å². The lowest BCUT2D eigenvalue weighted by atomic mass is 9.90. The molecule has 2 saturated heterocycles. The zero-order valence-corrected chi connectivity index (χ0v) is 29.9. The Hall–Kier alpha value is -2.99. The number of amides is 3. The van der Waals surface area contributed by atoms with Crippen LogP contribution in [0.3, 0.4) is 0 Å². The number of anilines is 1. The maximum absolute atomic E-state index is 14.6. The first-order valence-electron chi connectivity index (χ1n) is 16.7. The largest absolute Gasteiger partial charge is 0.444 e. The first kappa shape index (κ1) is 37.5. The lowest BCUT2D eigenvalue weighted by Crippen LogP contribution is -2.58. The number of carbonyl (C=O) groups excluding carboxylic acids is 3. The van der Waals surface area contributed by atoms with Crippen molar-refractivity contribution in [1.29, 1.82) is 0 Å². The van der Waals surface area contributed by atoms with Crippen LogP contribution in [-0.4, -0.2) is 120 Å². The van der Waals surface area contributed by atoms with Crippen LogP contribution in [-0.2, 0) is 24.4 Å². The average molecular weight is 647 g/mol. The van der Waals surface area contributed by atoms with Crippen molar-refractivity contribution in [3.63, 3.8) is 0 Å². The number of rotatable bonds is 12. The van der Waals surface area contributed by atoms with E-state index in [0.29, 0.717) is 56.5 Å². The second-order valence-electron chi connectivity index (χ2n) is 15.1. The Labute approximate surface area is 275 Å².